The van der Waals surface area contributed by atoms with E-state index in [0.29, 0.717) is 30.8 Å². The highest BCUT2D eigenvalue weighted by atomic mass is 19.4. The highest BCUT2D eigenvalue weighted by molar-refractivity contribution is 6.05. The van der Waals surface area contributed by atoms with E-state index in [9.17, 15) is 31.9 Å². The van der Waals surface area contributed by atoms with Crippen LogP contribution in [0.15, 0.2) is 48.8 Å². The number of aromatic nitrogens is 2. The summed E-state index contributed by atoms with van der Waals surface area (Å²) in [6, 6.07) is 7.32. The molecule has 2 atom stereocenters. The number of rotatable bonds is 6. The highest BCUT2D eigenvalue weighted by Gasteiger charge is 2.39. The maximum atomic E-state index is 13.6. The van der Waals surface area contributed by atoms with Gasteiger partial charge in [-0.05, 0) is 54.8 Å². The number of halogens is 4. The van der Waals surface area contributed by atoms with E-state index in [1.807, 2.05) is 6.07 Å². The van der Waals surface area contributed by atoms with Gasteiger partial charge in [-0.3, -0.25) is 24.6 Å². The molecule has 3 amide bonds. The average molecular weight is 572 g/mol. The van der Waals surface area contributed by atoms with Gasteiger partial charge in [0.15, 0.2) is 0 Å². The molecule has 0 radical (unpaired) electrons. The van der Waals surface area contributed by atoms with Crippen molar-refractivity contribution in [3.8, 4) is 11.4 Å². The summed E-state index contributed by atoms with van der Waals surface area (Å²) in [5, 5.41) is 6.44. The Morgan fingerprint density at radius 1 is 1.07 bits per heavy atom. The van der Waals surface area contributed by atoms with Gasteiger partial charge < -0.3 is 9.64 Å². The van der Waals surface area contributed by atoms with Crippen molar-refractivity contribution in [2.45, 2.75) is 50.7 Å². The number of nitrogens with zero attached hydrogens (tertiary/aromatic N) is 4. The third-order valence-corrected chi connectivity index (χ3v) is 7.59. The van der Waals surface area contributed by atoms with Crippen molar-refractivity contribution in [1.82, 2.24) is 24.9 Å². The van der Waals surface area contributed by atoms with Crippen LogP contribution in [0.2, 0.25) is 0 Å². The van der Waals surface area contributed by atoms with Crippen LogP contribution in [0, 0.1) is 5.82 Å². The maximum absolute atomic E-state index is 13.6. The topological polar surface area (TPSA) is 96.8 Å². The summed E-state index contributed by atoms with van der Waals surface area (Å²) in [5.74, 6) is -1.77. The van der Waals surface area contributed by atoms with Crippen LogP contribution in [0.1, 0.15) is 46.3 Å². The summed E-state index contributed by atoms with van der Waals surface area (Å²) in [5.41, 5.74) is 0.822. The zero-order valence-electron chi connectivity index (χ0n) is 21.7. The lowest BCUT2D eigenvalue weighted by atomic mass is 10.0. The number of hydrogen-bond donors (Lipinski definition) is 1. The smallest absolute Gasteiger partial charge is 0.419 e. The monoisotopic (exact) mass is 571 g/mol. The third-order valence-electron chi connectivity index (χ3n) is 7.59. The molecule has 214 valence electrons. The van der Waals surface area contributed by atoms with Crippen molar-refractivity contribution in [1.29, 1.82) is 0 Å². The fraction of sp³-hybridized carbons (Fsp3) is 0.357. The molecule has 0 saturated carbocycles. The minimum Gasteiger partial charge on any atom is -0.489 e. The number of alkyl halides is 3. The van der Waals surface area contributed by atoms with Gasteiger partial charge in [-0.25, -0.2) is 9.07 Å². The molecule has 0 spiro atoms. The van der Waals surface area contributed by atoms with Crippen LogP contribution in [-0.2, 0) is 28.9 Å². The zero-order chi connectivity index (χ0) is 28.9. The summed E-state index contributed by atoms with van der Waals surface area (Å²) >= 11 is 0. The van der Waals surface area contributed by atoms with E-state index in [1.54, 1.807) is 24.5 Å². The first-order chi connectivity index (χ1) is 19.5. The van der Waals surface area contributed by atoms with E-state index >= 15 is 0 Å². The molecule has 2 aromatic carbocycles. The predicted octanol–water partition coefficient (Wildman–Crippen LogP) is 3.44. The Morgan fingerprint density at radius 2 is 1.90 bits per heavy atom. The molecule has 3 aliphatic heterocycles. The Labute approximate surface area is 231 Å². The van der Waals surface area contributed by atoms with Gasteiger partial charge in [0, 0.05) is 49.9 Å². The Bertz CT molecular complexity index is 1540. The zero-order valence-corrected chi connectivity index (χ0v) is 21.7. The Balaban J connectivity index is 1.06. The summed E-state index contributed by atoms with van der Waals surface area (Å²) in [6.45, 7) is 2.11. The molecule has 4 heterocycles. The number of carbonyl (C=O) groups excluding carboxylic acids is 3. The van der Waals surface area contributed by atoms with Gasteiger partial charge in [-0.1, -0.05) is 0 Å². The number of ether oxygens (including phenoxy) is 1. The van der Waals surface area contributed by atoms with Crippen molar-refractivity contribution >= 4 is 17.7 Å². The Hall–Kier alpha value is -4.26. The molecule has 3 aliphatic rings. The molecule has 9 nitrogen and oxygen atoms in total. The molecule has 2 saturated heterocycles. The first-order valence-corrected chi connectivity index (χ1v) is 13.1. The van der Waals surface area contributed by atoms with E-state index in [0.717, 1.165) is 36.2 Å². The summed E-state index contributed by atoms with van der Waals surface area (Å²) < 4.78 is 60.4. The predicted molar refractivity (Wildman–Crippen MR) is 135 cm³/mol. The van der Waals surface area contributed by atoms with E-state index in [2.05, 4.69) is 15.3 Å². The quantitative estimate of drug-likeness (QED) is 0.360. The van der Waals surface area contributed by atoms with Crippen LogP contribution in [0.3, 0.4) is 0 Å². The normalized spacial score (nSPS) is 21.4. The molecule has 2 fully saturated rings. The number of amides is 3. The van der Waals surface area contributed by atoms with Gasteiger partial charge in [0.05, 0.1) is 17.4 Å². The highest BCUT2D eigenvalue weighted by Crippen LogP contribution is 2.33. The first kappa shape index (κ1) is 26.9. The van der Waals surface area contributed by atoms with Gasteiger partial charge in [0.2, 0.25) is 11.8 Å². The number of benzene rings is 2. The summed E-state index contributed by atoms with van der Waals surface area (Å²) in [4.78, 5) is 40.3. The van der Waals surface area contributed by atoms with Crippen molar-refractivity contribution in [2.75, 3.05) is 13.1 Å². The third kappa shape index (κ3) is 5.41. The van der Waals surface area contributed by atoms with Crippen LogP contribution in [-0.4, -0.2) is 62.5 Å². The van der Waals surface area contributed by atoms with E-state index in [4.69, 9.17) is 4.74 Å². The lowest BCUT2D eigenvalue weighted by Crippen LogP contribution is -2.52. The summed E-state index contributed by atoms with van der Waals surface area (Å²) in [6.07, 6.45) is -0.499. The number of fused-ring (bicyclic) bond motifs is 1. The molecule has 0 bridgehead atoms. The number of carbonyl (C=O) groups is 3. The maximum Gasteiger partial charge on any atom is 0.419 e. The van der Waals surface area contributed by atoms with Gasteiger partial charge in [-0.15, -0.1) is 0 Å². The summed E-state index contributed by atoms with van der Waals surface area (Å²) in [7, 11) is 0. The fourth-order valence-corrected chi connectivity index (χ4v) is 5.57. The van der Waals surface area contributed by atoms with Gasteiger partial charge in [-0.2, -0.15) is 18.3 Å². The molecule has 1 unspecified atom stereocenters. The number of likely N-dealkylation sites (tertiary alicyclic amines) is 1. The lowest BCUT2D eigenvalue weighted by Gasteiger charge is -2.29. The Morgan fingerprint density at radius 3 is 2.68 bits per heavy atom. The molecule has 6 rings (SSSR count). The van der Waals surface area contributed by atoms with E-state index < -0.39 is 29.5 Å². The van der Waals surface area contributed by atoms with Crippen LogP contribution in [0.4, 0.5) is 17.6 Å². The van der Waals surface area contributed by atoms with Crippen molar-refractivity contribution < 1.29 is 36.7 Å². The molecular formula is C28H25F4N5O4. The van der Waals surface area contributed by atoms with Crippen LogP contribution in [0.25, 0.3) is 5.69 Å². The van der Waals surface area contributed by atoms with Crippen LogP contribution < -0.4 is 10.1 Å². The van der Waals surface area contributed by atoms with Gasteiger partial charge in [0.1, 0.15) is 23.7 Å². The van der Waals surface area contributed by atoms with Gasteiger partial charge in [0.25, 0.3) is 5.91 Å². The molecule has 13 heteroatoms. The number of hydrogen-bond acceptors (Lipinski definition) is 6. The van der Waals surface area contributed by atoms with Crippen molar-refractivity contribution in [2.24, 2.45) is 0 Å². The lowest BCUT2D eigenvalue weighted by molar-refractivity contribution is -0.140. The molecule has 1 N–H and O–H groups in total. The van der Waals surface area contributed by atoms with Gasteiger partial charge >= 0.3 is 6.18 Å². The second-order valence-electron chi connectivity index (χ2n) is 10.4. The average Bonchev–Trinajstić information content (AvgIpc) is 3.64. The van der Waals surface area contributed by atoms with E-state index in [1.165, 1.54) is 15.6 Å². The first-order valence-electron chi connectivity index (χ1n) is 13.1. The standard InChI is InChI=1S/C28H25F4N5O4/c29-23-4-1-18(10-22(23)28(30,31)32)37-13-16(11-33-37)12-35-8-7-20(15-35)41-19-2-3-21-17(9-19)14-36(27(21)40)24-5-6-25(38)34-26(24)39/h1-4,9-11,13,20,24H,5-8,12,14-15H2,(H,34,38,39)/t20-,24?/m0/s1. The number of imide groups is 1. The SMILES string of the molecule is O=C1CCC(N2Cc3cc(O[C@H]4CCN(Cc5cnn(-c6ccc(F)c(C(F)(F)F)c6)c5)C4)ccc3C2=O)C(=O)N1. The van der Waals surface area contributed by atoms with Crippen LogP contribution >= 0.6 is 0 Å². The molecular weight excluding hydrogens is 546 g/mol. The molecule has 3 aromatic rings. The second-order valence-corrected chi connectivity index (χ2v) is 10.4. The molecule has 0 aliphatic carbocycles. The largest absolute Gasteiger partial charge is 0.489 e. The molecule has 41 heavy (non-hydrogen) atoms. The number of piperidine rings is 1. The van der Waals surface area contributed by atoms with Crippen molar-refractivity contribution in [3.05, 3.63) is 76.9 Å². The Kier molecular flexibility index (Phi) is 6.76. The number of nitrogens with one attached hydrogen (secondary N) is 1. The minimum absolute atomic E-state index is 0.110. The minimum atomic E-state index is -4.80. The molecule has 1 aromatic heterocycles. The second kappa shape index (κ2) is 10.3. The fourth-order valence-electron chi connectivity index (χ4n) is 5.57. The van der Waals surface area contributed by atoms with Crippen LogP contribution in [0.5, 0.6) is 5.75 Å². The van der Waals surface area contributed by atoms with Crippen molar-refractivity contribution in [3.63, 3.8) is 0 Å². The van der Waals surface area contributed by atoms with E-state index in [-0.39, 0.29) is 36.6 Å².